The van der Waals surface area contributed by atoms with Crippen molar-refractivity contribution >= 4 is 53.4 Å². The molecule has 3 heterocycles. The molecule has 0 N–H and O–H groups in total. The van der Waals surface area contributed by atoms with E-state index in [2.05, 4.69) is 127 Å². The van der Waals surface area contributed by atoms with Crippen LogP contribution in [0, 0.1) is 0 Å². The van der Waals surface area contributed by atoms with Crippen LogP contribution in [-0.2, 0) is 0 Å². The van der Waals surface area contributed by atoms with E-state index in [9.17, 15) is 0 Å². The predicted molar refractivity (Wildman–Crippen MR) is 233 cm³/mol. The van der Waals surface area contributed by atoms with Gasteiger partial charge in [0.25, 0.3) is 0 Å². The molecule has 0 radical (unpaired) electrons. The van der Waals surface area contributed by atoms with Gasteiger partial charge in [0.1, 0.15) is 11.2 Å². The average molecular weight is 734 g/mol. The standard InChI is InChI=1S/C51H31N3OS/c1-4-13-32(14-5-1)35-25-27-45-43(30-35)44-31-37(26-28-46(44)55-45)40-22-12-24-42-41-23-11-21-39(47(41)56-48(40)42)36-19-10-20-38(29-36)51-53-49(33-15-6-2-7-16-33)52-50(54-51)34-17-8-3-9-18-34/h1-31H. The number of aromatic nitrogens is 3. The van der Waals surface area contributed by atoms with Gasteiger partial charge in [0.2, 0.25) is 0 Å². The molecule has 11 aromatic rings. The van der Waals surface area contributed by atoms with Crippen molar-refractivity contribution in [3.05, 3.63) is 188 Å². The van der Waals surface area contributed by atoms with Crippen molar-refractivity contribution in [1.82, 2.24) is 15.0 Å². The molecular weight excluding hydrogens is 703 g/mol. The molecule has 0 fully saturated rings. The second-order valence-corrected chi connectivity index (χ2v) is 15.0. The third kappa shape index (κ3) is 5.56. The van der Waals surface area contributed by atoms with Crippen LogP contribution < -0.4 is 0 Å². The summed E-state index contributed by atoms with van der Waals surface area (Å²) in [6, 6.07) is 65.7. The van der Waals surface area contributed by atoms with E-state index in [4.69, 9.17) is 19.4 Å². The SMILES string of the molecule is c1ccc(-c2ccc3oc4ccc(-c5cccc6c5sc5c(-c7cccc(-c8nc(-c9ccccc9)nc(-c9ccccc9)n8)c7)cccc56)cc4c3c2)cc1. The lowest BCUT2D eigenvalue weighted by atomic mass is 9.98. The Morgan fingerprint density at radius 2 is 0.732 bits per heavy atom. The topological polar surface area (TPSA) is 51.8 Å². The predicted octanol–water partition coefficient (Wildman–Crippen LogP) is 14.1. The Hall–Kier alpha value is -7.21. The highest BCUT2D eigenvalue weighted by molar-refractivity contribution is 7.26. The molecule has 0 saturated carbocycles. The lowest BCUT2D eigenvalue weighted by molar-refractivity contribution is 0.669. The van der Waals surface area contributed by atoms with Crippen molar-refractivity contribution in [1.29, 1.82) is 0 Å². The van der Waals surface area contributed by atoms with Gasteiger partial charge >= 0.3 is 0 Å². The molecule has 3 aromatic heterocycles. The summed E-state index contributed by atoms with van der Waals surface area (Å²) in [4.78, 5) is 14.9. The Labute approximate surface area is 327 Å². The van der Waals surface area contributed by atoms with Gasteiger partial charge in [-0.15, -0.1) is 11.3 Å². The van der Waals surface area contributed by atoms with Gasteiger partial charge in [0, 0.05) is 47.6 Å². The highest BCUT2D eigenvalue weighted by Gasteiger charge is 2.17. The highest BCUT2D eigenvalue weighted by Crippen LogP contribution is 2.45. The number of hydrogen-bond acceptors (Lipinski definition) is 5. The first kappa shape index (κ1) is 32.2. The minimum absolute atomic E-state index is 0.642. The van der Waals surface area contributed by atoms with Crippen LogP contribution in [-0.4, -0.2) is 15.0 Å². The Morgan fingerprint density at radius 3 is 1.30 bits per heavy atom. The smallest absolute Gasteiger partial charge is 0.164 e. The quantitative estimate of drug-likeness (QED) is 0.171. The molecule has 4 nitrogen and oxygen atoms in total. The maximum atomic E-state index is 6.32. The number of hydrogen-bond donors (Lipinski definition) is 0. The third-order valence-corrected chi connectivity index (χ3v) is 11.8. The van der Waals surface area contributed by atoms with E-state index in [1.807, 2.05) is 72.0 Å². The van der Waals surface area contributed by atoms with Crippen molar-refractivity contribution in [3.63, 3.8) is 0 Å². The lowest BCUT2D eigenvalue weighted by Crippen LogP contribution is -2.00. The van der Waals surface area contributed by atoms with Crippen molar-refractivity contribution in [2.45, 2.75) is 0 Å². The van der Waals surface area contributed by atoms with Gasteiger partial charge in [-0.1, -0.05) is 158 Å². The number of nitrogens with zero attached hydrogens (tertiary/aromatic N) is 3. The Morgan fingerprint density at radius 1 is 0.304 bits per heavy atom. The minimum atomic E-state index is 0.642. The summed E-state index contributed by atoms with van der Waals surface area (Å²) in [5, 5.41) is 4.74. The van der Waals surface area contributed by atoms with Gasteiger partial charge in [-0.25, -0.2) is 15.0 Å². The van der Waals surface area contributed by atoms with Crippen molar-refractivity contribution in [2.75, 3.05) is 0 Å². The largest absolute Gasteiger partial charge is 0.456 e. The second kappa shape index (κ2) is 13.3. The van der Waals surface area contributed by atoms with Crippen LogP contribution >= 0.6 is 11.3 Å². The molecule has 0 aliphatic carbocycles. The monoisotopic (exact) mass is 733 g/mol. The third-order valence-electron chi connectivity index (χ3n) is 10.5. The molecule has 0 amide bonds. The van der Waals surface area contributed by atoms with Crippen LogP contribution in [0.1, 0.15) is 0 Å². The maximum absolute atomic E-state index is 6.32. The maximum Gasteiger partial charge on any atom is 0.164 e. The van der Waals surface area contributed by atoms with Crippen LogP contribution in [0.15, 0.2) is 192 Å². The van der Waals surface area contributed by atoms with E-state index in [1.54, 1.807) is 0 Å². The molecule has 5 heteroatoms. The first-order valence-corrected chi connectivity index (χ1v) is 19.5. The van der Waals surface area contributed by atoms with Crippen molar-refractivity contribution in [3.8, 4) is 67.5 Å². The fourth-order valence-electron chi connectivity index (χ4n) is 7.79. The number of furan rings is 1. The zero-order valence-corrected chi connectivity index (χ0v) is 30.9. The van der Waals surface area contributed by atoms with E-state index >= 15 is 0 Å². The zero-order valence-electron chi connectivity index (χ0n) is 30.1. The summed E-state index contributed by atoms with van der Waals surface area (Å²) in [5.74, 6) is 1.94. The van der Waals surface area contributed by atoms with Gasteiger partial charge in [-0.05, 0) is 63.7 Å². The molecule has 56 heavy (non-hydrogen) atoms. The van der Waals surface area contributed by atoms with Crippen molar-refractivity contribution < 1.29 is 4.42 Å². The van der Waals surface area contributed by atoms with Crippen LogP contribution in [0.4, 0.5) is 0 Å². The van der Waals surface area contributed by atoms with E-state index in [0.717, 1.165) is 44.2 Å². The fraction of sp³-hybridized carbons (Fsp3) is 0. The lowest BCUT2D eigenvalue weighted by Gasteiger charge is -2.10. The summed E-state index contributed by atoms with van der Waals surface area (Å²) >= 11 is 1.85. The van der Waals surface area contributed by atoms with E-state index in [-0.39, 0.29) is 0 Å². The first-order valence-electron chi connectivity index (χ1n) is 18.7. The van der Waals surface area contributed by atoms with E-state index in [1.165, 1.54) is 48.0 Å². The van der Waals surface area contributed by atoms with Crippen LogP contribution in [0.3, 0.4) is 0 Å². The number of thiophene rings is 1. The first-order chi connectivity index (χ1) is 27.7. The Bertz CT molecular complexity index is 3180. The van der Waals surface area contributed by atoms with Gasteiger partial charge < -0.3 is 4.42 Å². The average Bonchev–Trinajstić information content (AvgIpc) is 3.85. The number of rotatable bonds is 6. The van der Waals surface area contributed by atoms with Gasteiger partial charge in [-0.2, -0.15) is 0 Å². The fourth-order valence-corrected chi connectivity index (χ4v) is 9.17. The summed E-state index contributed by atoms with van der Waals surface area (Å²) in [5.41, 5.74) is 11.7. The number of fused-ring (bicyclic) bond motifs is 6. The molecule has 11 rings (SSSR count). The van der Waals surface area contributed by atoms with Crippen LogP contribution in [0.2, 0.25) is 0 Å². The van der Waals surface area contributed by atoms with E-state index < -0.39 is 0 Å². The summed E-state index contributed by atoms with van der Waals surface area (Å²) < 4.78 is 8.84. The molecule has 0 aliphatic rings. The molecule has 262 valence electrons. The highest BCUT2D eigenvalue weighted by atomic mass is 32.1. The van der Waals surface area contributed by atoms with Crippen molar-refractivity contribution in [2.24, 2.45) is 0 Å². The van der Waals surface area contributed by atoms with Gasteiger partial charge in [0.05, 0.1) is 0 Å². The molecule has 0 unspecified atom stereocenters. The number of benzene rings is 8. The Kier molecular flexibility index (Phi) is 7.64. The van der Waals surface area contributed by atoms with Crippen LogP contribution in [0.5, 0.6) is 0 Å². The zero-order chi connectivity index (χ0) is 37.0. The van der Waals surface area contributed by atoms with E-state index in [0.29, 0.717) is 17.5 Å². The minimum Gasteiger partial charge on any atom is -0.456 e. The molecule has 0 spiro atoms. The van der Waals surface area contributed by atoms with Crippen LogP contribution in [0.25, 0.3) is 110 Å². The normalized spacial score (nSPS) is 11.6. The summed E-state index contributed by atoms with van der Waals surface area (Å²) in [6.07, 6.45) is 0. The summed E-state index contributed by atoms with van der Waals surface area (Å²) in [6.45, 7) is 0. The molecule has 0 saturated heterocycles. The Balaban J connectivity index is 1.03. The summed E-state index contributed by atoms with van der Waals surface area (Å²) in [7, 11) is 0. The molecule has 0 bridgehead atoms. The molecule has 8 aromatic carbocycles. The molecule has 0 aliphatic heterocycles. The molecule has 0 atom stereocenters. The van der Waals surface area contributed by atoms with Gasteiger partial charge in [-0.3, -0.25) is 0 Å². The molecular formula is C51H31N3OS. The second-order valence-electron chi connectivity index (χ2n) is 14.0. The van der Waals surface area contributed by atoms with Gasteiger partial charge in [0.15, 0.2) is 17.5 Å².